The molecule has 0 aliphatic heterocycles. The van der Waals surface area contributed by atoms with Crippen molar-refractivity contribution in [2.75, 3.05) is 6.61 Å². The maximum atomic E-state index is 12.4. The van der Waals surface area contributed by atoms with Gasteiger partial charge in [-0.2, -0.15) is 0 Å². The Kier molecular flexibility index (Phi) is 5.73. The fraction of sp³-hybridized carbons (Fsp3) is 0.467. The van der Waals surface area contributed by atoms with Gasteiger partial charge in [0.05, 0.1) is 6.61 Å². The van der Waals surface area contributed by atoms with Gasteiger partial charge in [0, 0.05) is 5.56 Å². The summed E-state index contributed by atoms with van der Waals surface area (Å²) in [5.41, 5.74) is 0.503. The number of esters is 1. The Bertz CT molecular complexity index is 442. The molecule has 0 N–H and O–H groups in total. The van der Waals surface area contributed by atoms with Crippen molar-refractivity contribution in [2.24, 2.45) is 5.92 Å². The number of ether oxygens (including phenoxy) is 1. The number of carbonyl (C=O) groups is 2. The molecule has 1 unspecified atom stereocenters. The van der Waals surface area contributed by atoms with Crippen molar-refractivity contribution in [3.63, 3.8) is 0 Å². The molecule has 1 rings (SSSR count). The lowest BCUT2D eigenvalue weighted by Gasteiger charge is -2.23. The first-order valence-corrected chi connectivity index (χ1v) is 7.17. The summed E-state index contributed by atoms with van der Waals surface area (Å²) in [4.78, 5) is 24.6. The van der Waals surface area contributed by atoms with Crippen LogP contribution in [0.5, 0.6) is 0 Å². The van der Waals surface area contributed by atoms with Gasteiger partial charge in [-0.1, -0.05) is 67.0 Å². The van der Waals surface area contributed by atoms with Gasteiger partial charge < -0.3 is 4.74 Å². The van der Waals surface area contributed by atoms with E-state index in [0.717, 1.165) is 0 Å². The average Bonchev–Trinajstić information content (AvgIpc) is 2.43. The highest BCUT2D eigenvalue weighted by molar-refractivity contribution is 9.10. The van der Waals surface area contributed by atoms with E-state index in [1.54, 1.807) is 31.2 Å². The molecule has 0 fully saturated rings. The Labute approximate surface area is 122 Å². The van der Waals surface area contributed by atoms with E-state index in [1.165, 1.54) is 0 Å². The summed E-state index contributed by atoms with van der Waals surface area (Å²) in [6.45, 7) is 6.00. The molecule has 1 aromatic carbocycles. The zero-order chi connectivity index (χ0) is 14.5. The number of hydrogen-bond acceptors (Lipinski definition) is 3. The predicted molar refractivity (Wildman–Crippen MR) is 78.5 cm³/mol. The third-order valence-electron chi connectivity index (χ3n) is 2.75. The monoisotopic (exact) mass is 326 g/mol. The van der Waals surface area contributed by atoms with Gasteiger partial charge in [0.15, 0.2) is 10.1 Å². The van der Waals surface area contributed by atoms with E-state index >= 15 is 0 Å². The zero-order valence-electron chi connectivity index (χ0n) is 11.5. The summed E-state index contributed by atoms with van der Waals surface area (Å²) in [6.07, 6.45) is 0.345. The fourth-order valence-electron chi connectivity index (χ4n) is 1.57. The number of ketones is 1. The lowest BCUT2D eigenvalue weighted by Crippen LogP contribution is -2.42. The van der Waals surface area contributed by atoms with E-state index in [-0.39, 0.29) is 11.7 Å². The summed E-state index contributed by atoms with van der Waals surface area (Å²) in [6, 6.07) is 8.77. The van der Waals surface area contributed by atoms with Crippen molar-refractivity contribution in [2.45, 2.75) is 31.5 Å². The fourth-order valence-corrected chi connectivity index (χ4v) is 1.92. The van der Waals surface area contributed by atoms with Crippen LogP contribution >= 0.6 is 15.9 Å². The number of rotatable bonds is 6. The van der Waals surface area contributed by atoms with Crippen LogP contribution in [0.15, 0.2) is 30.3 Å². The number of hydrogen-bond donors (Lipinski definition) is 0. The Balaban J connectivity index is 2.91. The largest absolute Gasteiger partial charge is 0.464 e. The normalized spacial score (nSPS) is 13.9. The van der Waals surface area contributed by atoms with E-state index in [0.29, 0.717) is 18.6 Å². The van der Waals surface area contributed by atoms with E-state index in [4.69, 9.17) is 4.74 Å². The molecule has 1 aromatic rings. The van der Waals surface area contributed by atoms with Crippen LogP contribution in [-0.2, 0) is 9.53 Å². The summed E-state index contributed by atoms with van der Waals surface area (Å²) in [5, 5.41) is 0. The molecule has 0 spiro atoms. The molecule has 104 valence electrons. The molecule has 0 radical (unpaired) electrons. The van der Waals surface area contributed by atoms with Gasteiger partial charge in [-0.15, -0.1) is 0 Å². The van der Waals surface area contributed by atoms with E-state index in [1.807, 2.05) is 19.9 Å². The first-order valence-electron chi connectivity index (χ1n) is 6.37. The van der Waals surface area contributed by atoms with Gasteiger partial charge >= 0.3 is 5.97 Å². The maximum absolute atomic E-state index is 12.4. The SMILES string of the molecule is CCC(Br)(C(=O)OCC(C)C)C(=O)c1ccccc1. The minimum atomic E-state index is -1.29. The molecule has 0 aliphatic rings. The topological polar surface area (TPSA) is 43.4 Å². The molecular weight excluding hydrogens is 308 g/mol. The van der Waals surface area contributed by atoms with Gasteiger partial charge in [-0.05, 0) is 12.3 Å². The van der Waals surface area contributed by atoms with Crippen molar-refractivity contribution < 1.29 is 14.3 Å². The first-order chi connectivity index (χ1) is 8.91. The molecule has 3 nitrogen and oxygen atoms in total. The summed E-state index contributed by atoms with van der Waals surface area (Å²) >= 11 is 3.28. The van der Waals surface area contributed by atoms with Gasteiger partial charge in [0.25, 0.3) is 0 Å². The lowest BCUT2D eigenvalue weighted by atomic mass is 9.95. The van der Waals surface area contributed by atoms with Crippen LogP contribution in [0.3, 0.4) is 0 Å². The predicted octanol–water partition coefficient (Wildman–Crippen LogP) is 3.61. The molecule has 0 aliphatic carbocycles. The minimum absolute atomic E-state index is 0.240. The zero-order valence-corrected chi connectivity index (χ0v) is 13.1. The van der Waals surface area contributed by atoms with Crippen LogP contribution in [0.4, 0.5) is 0 Å². The van der Waals surface area contributed by atoms with Crippen molar-refractivity contribution in [1.82, 2.24) is 0 Å². The number of benzene rings is 1. The van der Waals surface area contributed by atoms with E-state index < -0.39 is 10.3 Å². The van der Waals surface area contributed by atoms with E-state index in [9.17, 15) is 9.59 Å². The lowest BCUT2D eigenvalue weighted by molar-refractivity contribution is -0.146. The van der Waals surface area contributed by atoms with Gasteiger partial charge in [-0.3, -0.25) is 9.59 Å². The highest BCUT2D eigenvalue weighted by Gasteiger charge is 2.43. The Morgan fingerprint density at radius 2 is 1.84 bits per heavy atom. The van der Waals surface area contributed by atoms with Crippen molar-refractivity contribution in [3.8, 4) is 0 Å². The van der Waals surface area contributed by atoms with Crippen LogP contribution in [0.25, 0.3) is 0 Å². The number of alkyl halides is 1. The van der Waals surface area contributed by atoms with Crippen molar-refractivity contribution >= 4 is 27.7 Å². The Morgan fingerprint density at radius 1 is 1.26 bits per heavy atom. The molecule has 0 saturated heterocycles. The van der Waals surface area contributed by atoms with Crippen molar-refractivity contribution in [3.05, 3.63) is 35.9 Å². The van der Waals surface area contributed by atoms with Crippen LogP contribution in [0, 0.1) is 5.92 Å². The molecule has 0 amide bonds. The molecule has 0 bridgehead atoms. The number of halogens is 1. The molecular formula is C15H19BrO3. The van der Waals surface area contributed by atoms with Gasteiger partial charge in [-0.25, -0.2) is 0 Å². The number of Topliss-reactive ketones (excluding diaryl/α,β-unsaturated/α-hetero) is 1. The molecule has 4 heteroatoms. The second kappa shape index (κ2) is 6.85. The smallest absolute Gasteiger partial charge is 0.330 e. The van der Waals surface area contributed by atoms with Crippen LogP contribution < -0.4 is 0 Å². The third kappa shape index (κ3) is 3.90. The molecule has 1 atom stereocenters. The summed E-state index contributed by atoms with van der Waals surface area (Å²) < 4.78 is 3.91. The third-order valence-corrected chi connectivity index (χ3v) is 4.00. The van der Waals surface area contributed by atoms with E-state index in [2.05, 4.69) is 15.9 Å². The Morgan fingerprint density at radius 3 is 2.32 bits per heavy atom. The van der Waals surface area contributed by atoms with Crippen LogP contribution in [-0.4, -0.2) is 22.7 Å². The van der Waals surface area contributed by atoms with Crippen molar-refractivity contribution in [1.29, 1.82) is 0 Å². The van der Waals surface area contributed by atoms with Gasteiger partial charge in [0.2, 0.25) is 0 Å². The number of carbonyl (C=O) groups excluding carboxylic acids is 2. The van der Waals surface area contributed by atoms with Gasteiger partial charge in [0.1, 0.15) is 0 Å². The van der Waals surface area contributed by atoms with Crippen LogP contribution in [0.1, 0.15) is 37.6 Å². The van der Waals surface area contributed by atoms with Crippen LogP contribution in [0.2, 0.25) is 0 Å². The Hall–Kier alpha value is -1.16. The highest BCUT2D eigenvalue weighted by atomic mass is 79.9. The highest BCUT2D eigenvalue weighted by Crippen LogP contribution is 2.29. The second-order valence-electron chi connectivity index (χ2n) is 4.84. The standard InChI is InChI=1S/C15H19BrO3/c1-4-15(16,14(18)19-10-11(2)3)13(17)12-8-6-5-7-9-12/h5-9,11H,4,10H2,1-3H3. The second-order valence-corrected chi connectivity index (χ2v) is 6.20. The summed E-state index contributed by atoms with van der Waals surface area (Å²) in [5.74, 6) is -0.536. The quantitative estimate of drug-likeness (QED) is 0.347. The molecule has 19 heavy (non-hydrogen) atoms. The molecule has 0 aromatic heterocycles. The molecule has 0 saturated carbocycles. The average molecular weight is 327 g/mol. The molecule has 0 heterocycles. The maximum Gasteiger partial charge on any atom is 0.330 e. The summed E-state index contributed by atoms with van der Waals surface area (Å²) in [7, 11) is 0. The minimum Gasteiger partial charge on any atom is -0.464 e. The first kappa shape index (κ1) is 15.9.